The number of imide groups is 1. The number of hydrogen-bond acceptors (Lipinski definition) is 6. The average molecular weight is 447 g/mol. The Balaban J connectivity index is 1.33. The molecule has 1 N–H and O–H groups in total. The molecule has 1 fully saturated rings. The number of nitrogens with zero attached hydrogens (tertiary/aromatic N) is 1. The number of amides is 3. The van der Waals surface area contributed by atoms with Gasteiger partial charge >= 0.3 is 0 Å². The van der Waals surface area contributed by atoms with Gasteiger partial charge in [0.15, 0.2) is 6.73 Å². The minimum Gasteiger partial charge on any atom is -0.491 e. The van der Waals surface area contributed by atoms with Crippen molar-refractivity contribution >= 4 is 40.4 Å². The van der Waals surface area contributed by atoms with Gasteiger partial charge in [0.05, 0.1) is 16.9 Å². The predicted octanol–water partition coefficient (Wildman–Crippen LogP) is 3.49. The lowest BCUT2D eigenvalue weighted by molar-refractivity contribution is -0.118. The molecule has 0 spiro atoms. The van der Waals surface area contributed by atoms with Gasteiger partial charge in [-0.15, -0.1) is 0 Å². The van der Waals surface area contributed by atoms with Crippen LogP contribution in [0.1, 0.15) is 22.8 Å². The zero-order chi connectivity index (χ0) is 21.3. The van der Waals surface area contributed by atoms with E-state index in [0.717, 1.165) is 17.3 Å². The summed E-state index contributed by atoms with van der Waals surface area (Å²) < 4.78 is 11.5. The van der Waals surface area contributed by atoms with Gasteiger partial charge in [-0.2, -0.15) is 0 Å². The molecule has 0 saturated carbocycles. The van der Waals surface area contributed by atoms with E-state index in [1.807, 2.05) is 31.2 Å². The zero-order valence-corrected chi connectivity index (χ0v) is 17.7. The van der Waals surface area contributed by atoms with Crippen LogP contribution in [0.15, 0.2) is 42.5 Å². The van der Waals surface area contributed by atoms with E-state index >= 15 is 0 Å². The Morgan fingerprint density at radius 1 is 1.23 bits per heavy atom. The summed E-state index contributed by atoms with van der Waals surface area (Å²) in [5.41, 5.74) is 1.38. The molecule has 0 radical (unpaired) electrons. The molecule has 4 rings (SSSR count). The summed E-state index contributed by atoms with van der Waals surface area (Å²) in [6.45, 7) is 2.33. The molecule has 0 bridgehead atoms. The van der Waals surface area contributed by atoms with Gasteiger partial charge in [0.1, 0.15) is 18.1 Å². The van der Waals surface area contributed by atoms with Crippen LogP contribution in [-0.4, -0.2) is 46.6 Å². The first-order valence-electron chi connectivity index (χ1n) is 9.37. The highest BCUT2D eigenvalue weighted by atomic mass is 35.5. The SMILES string of the molecule is CC(COc1ccc(CC2SC(=O)NC2=O)cc1)N1COc2ccc(Cl)cc2C1=O. The molecule has 2 aromatic carbocycles. The molecule has 2 aromatic rings. The van der Waals surface area contributed by atoms with E-state index in [4.69, 9.17) is 21.1 Å². The second-order valence-corrected chi connectivity index (χ2v) is 8.69. The number of carbonyl (C=O) groups is 3. The van der Waals surface area contributed by atoms with E-state index in [2.05, 4.69) is 5.32 Å². The maximum atomic E-state index is 12.8. The topological polar surface area (TPSA) is 84.9 Å². The normalized spacial score (nSPS) is 19.2. The van der Waals surface area contributed by atoms with E-state index in [0.29, 0.717) is 35.1 Å². The Morgan fingerprint density at radius 3 is 2.70 bits per heavy atom. The largest absolute Gasteiger partial charge is 0.491 e. The standard InChI is InChI=1S/C21H19ClN2O5S/c1-12(24-11-29-17-7-4-14(22)9-16(17)20(24)26)10-28-15-5-2-13(3-6-15)8-18-19(25)23-21(27)30-18/h2-7,9,12,18H,8,10-11H2,1H3,(H,23,25,27). The molecule has 2 unspecified atom stereocenters. The molecular formula is C21H19ClN2O5S. The molecule has 30 heavy (non-hydrogen) atoms. The Bertz CT molecular complexity index is 997. The van der Waals surface area contributed by atoms with Crippen LogP contribution in [-0.2, 0) is 11.2 Å². The van der Waals surface area contributed by atoms with Crippen molar-refractivity contribution in [3.05, 3.63) is 58.6 Å². The van der Waals surface area contributed by atoms with Gasteiger partial charge < -0.3 is 9.47 Å². The molecule has 2 heterocycles. The molecule has 1 saturated heterocycles. The van der Waals surface area contributed by atoms with E-state index in [9.17, 15) is 14.4 Å². The number of rotatable bonds is 6. The van der Waals surface area contributed by atoms with E-state index < -0.39 is 5.25 Å². The quantitative estimate of drug-likeness (QED) is 0.731. The van der Waals surface area contributed by atoms with E-state index in [1.165, 1.54) is 0 Å². The Labute approximate surface area is 182 Å². The molecule has 3 amide bonds. The Hall–Kier alpha value is -2.71. The van der Waals surface area contributed by atoms with Gasteiger partial charge in [-0.3, -0.25) is 24.6 Å². The predicted molar refractivity (Wildman–Crippen MR) is 113 cm³/mol. The molecule has 0 aliphatic carbocycles. The van der Waals surface area contributed by atoms with Crippen LogP contribution in [0.5, 0.6) is 11.5 Å². The monoisotopic (exact) mass is 446 g/mol. The first kappa shape index (κ1) is 20.6. The van der Waals surface area contributed by atoms with Crippen LogP contribution in [0.2, 0.25) is 5.02 Å². The average Bonchev–Trinajstić information content (AvgIpc) is 3.04. The summed E-state index contributed by atoms with van der Waals surface area (Å²) in [6, 6.07) is 12.1. The summed E-state index contributed by atoms with van der Waals surface area (Å²) in [6.07, 6.45) is 0.473. The van der Waals surface area contributed by atoms with Gasteiger partial charge in [-0.1, -0.05) is 35.5 Å². The maximum absolute atomic E-state index is 12.8. The number of ether oxygens (including phenoxy) is 2. The fourth-order valence-corrected chi connectivity index (χ4v) is 4.28. The third-order valence-corrected chi connectivity index (χ3v) is 6.14. The number of fused-ring (bicyclic) bond motifs is 1. The summed E-state index contributed by atoms with van der Waals surface area (Å²) in [4.78, 5) is 37.3. The molecular weight excluding hydrogens is 428 g/mol. The van der Waals surface area contributed by atoms with Gasteiger partial charge in [0.2, 0.25) is 5.91 Å². The van der Waals surface area contributed by atoms with Crippen molar-refractivity contribution in [3.63, 3.8) is 0 Å². The molecule has 2 aliphatic rings. The lowest BCUT2D eigenvalue weighted by Gasteiger charge is -2.33. The first-order valence-corrected chi connectivity index (χ1v) is 10.6. The highest BCUT2D eigenvalue weighted by Crippen LogP contribution is 2.29. The smallest absolute Gasteiger partial charge is 0.286 e. The lowest BCUT2D eigenvalue weighted by atomic mass is 10.1. The maximum Gasteiger partial charge on any atom is 0.286 e. The Morgan fingerprint density at radius 2 is 2.00 bits per heavy atom. The van der Waals surface area contributed by atoms with E-state index in [-0.39, 0.29) is 29.8 Å². The van der Waals surface area contributed by atoms with Crippen molar-refractivity contribution in [1.82, 2.24) is 10.2 Å². The third kappa shape index (κ3) is 4.39. The first-order chi connectivity index (χ1) is 14.4. The minimum atomic E-state index is -0.397. The number of carbonyl (C=O) groups excluding carboxylic acids is 3. The van der Waals surface area contributed by atoms with Crippen molar-refractivity contribution in [2.45, 2.75) is 24.6 Å². The number of nitrogens with one attached hydrogen (secondary N) is 1. The number of thioether (sulfide) groups is 1. The van der Waals surface area contributed by atoms with Gasteiger partial charge in [0, 0.05) is 5.02 Å². The molecule has 156 valence electrons. The van der Waals surface area contributed by atoms with Gasteiger partial charge in [0.25, 0.3) is 11.1 Å². The molecule has 7 nitrogen and oxygen atoms in total. The summed E-state index contributed by atoms with van der Waals surface area (Å²) in [5.74, 6) is 0.779. The zero-order valence-electron chi connectivity index (χ0n) is 16.1. The number of halogens is 1. The van der Waals surface area contributed by atoms with E-state index in [1.54, 1.807) is 23.1 Å². The van der Waals surface area contributed by atoms with Crippen molar-refractivity contribution < 1.29 is 23.9 Å². The van der Waals surface area contributed by atoms with Crippen molar-refractivity contribution in [2.75, 3.05) is 13.3 Å². The highest BCUT2D eigenvalue weighted by Gasteiger charge is 2.32. The second-order valence-electron chi connectivity index (χ2n) is 7.08. The third-order valence-electron chi connectivity index (χ3n) is 4.93. The number of benzene rings is 2. The molecule has 2 aliphatic heterocycles. The van der Waals surface area contributed by atoms with Crippen LogP contribution in [0, 0.1) is 0 Å². The van der Waals surface area contributed by atoms with Crippen molar-refractivity contribution in [3.8, 4) is 11.5 Å². The molecule has 0 aromatic heterocycles. The van der Waals surface area contributed by atoms with Crippen LogP contribution in [0.25, 0.3) is 0 Å². The molecule has 9 heteroatoms. The van der Waals surface area contributed by atoms with Crippen LogP contribution in [0.4, 0.5) is 4.79 Å². The lowest BCUT2D eigenvalue weighted by Crippen LogP contribution is -2.46. The van der Waals surface area contributed by atoms with Crippen molar-refractivity contribution in [1.29, 1.82) is 0 Å². The van der Waals surface area contributed by atoms with Crippen molar-refractivity contribution in [2.24, 2.45) is 0 Å². The van der Waals surface area contributed by atoms with Gasteiger partial charge in [-0.05, 0) is 49.2 Å². The van der Waals surface area contributed by atoms with Gasteiger partial charge in [-0.25, -0.2) is 0 Å². The fourth-order valence-electron chi connectivity index (χ4n) is 3.25. The van der Waals surface area contributed by atoms with Crippen LogP contribution >= 0.6 is 23.4 Å². The Kier molecular flexibility index (Phi) is 5.87. The summed E-state index contributed by atoms with van der Waals surface area (Å²) >= 11 is 7.01. The van der Waals surface area contributed by atoms with Crippen LogP contribution < -0.4 is 14.8 Å². The van der Waals surface area contributed by atoms with Crippen LogP contribution in [0.3, 0.4) is 0 Å². The fraction of sp³-hybridized carbons (Fsp3) is 0.286. The summed E-state index contributed by atoms with van der Waals surface area (Å²) in [5, 5.41) is 2.06. The summed E-state index contributed by atoms with van der Waals surface area (Å²) in [7, 11) is 0. The number of hydrogen-bond donors (Lipinski definition) is 1. The minimum absolute atomic E-state index is 0.146. The molecule has 2 atom stereocenters. The highest BCUT2D eigenvalue weighted by molar-refractivity contribution is 8.15. The second kappa shape index (κ2) is 8.57.